The number of aliphatic hydroxyl groups excluding tert-OH is 1. The number of rotatable bonds is 4. The number of pyridine rings is 1. The zero-order chi connectivity index (χ0) is 21.4. The lowest BCUT2D eigenvalue weighted by molar-refractivity contribution is 0.169. The molecule has 0 radical (unpaired) electrons. The number of ether oxygens (including phenoxy) is 2. The first kappa shape index (κ1) is 19.3. The number of aromatic nitrogens is 3. The number of hydrogen-bond donors (Lipinski definition) is 1. The minimum Gasteiger partial charge on any atom is -0.496 e. The zero-order valence-electron chi connectivity index (χ0n) is 17.3. The predicted octanol–water partition coefficient (Wildman–Crippen LogP) is 3.76. The minimum atomic E-state index is -0.744. The van der Waals surface area contributed by atoms with Crippen LogP contribution in [0, 0.1) is 0 Å². The Balaban J connectivity index is 1.67. The van der Waals surface area contributed by atoms with Crippen molar-refractivity contribution >= 4 is 16.7 Å². The molecule has 3 heterocycles. The van der Waals surface area contributed by atoms with Crippen molar-refractivity contribution in [2.45, 2.75) is 12.6 Å². The molecule has 0 fully saturated rings. The zero-order valence-corrected chi connectivity index (χ0v) is 17.3. The molecule has 156 valence electrons. The van der Waals surface area contributed by atoms with E-state index in [-0.39, 0.29) is 0 Å². The molecule has 2 aromatic carbocycles. The highest BCUT2D eigenvalue weighted by atomic mass is 16.5. The van der Waals surface area contributed by atoms with E-state index < -0.39 is 6.10 Å². The lowest BCUT2D eigenvalue weighted by atomic mass is 9.95. The van der Waals surface area contributed by atoms with Crippen molar-refractivity contribution in [1.29, 1.82) is 0 Å². The first-order chi connectivity index (χ1) is 15.2. The largest absolute Gasteiger partial charge is 0.496 e. The van der Waals surface area contributed by atoms with E-state index in [1.165, 1.54) is 0 Å². The molecular weight excluding hydrogens is 392 g/mol. The van der Waals surface area contributed by atoms with Gasteiger partial charge in [-0.05, 0) is 36.4 Å². The highest BCUT2D eigenvalue weighted by Gasteiger charge is 2.31. The van der Waals surface area contributed by atoms with Crippen LogP contribution in [0.25, 0.3) is 22.3 Å². The predicted molar refractivity (Wildman–Crippen MR) is 118 cm³/mol. The molecule has 5 rings (SSSR count). The summed E-state index contributed by atoms with van der Waals surface area (Å²) in [6.45, 7) is 0.914. The standard InChI is InChI=1S/C24H22N4O3/c1-30-20-7-8-21(31-2)22-17(20)13-28(14-19(22)29)24-16-5-3-4-6-18(16)26-23(27-24)15-9-11-25-12-10-15/h3-12,19,29H,13-14H2,1-2H3. The second kappa shape index (κ2) is 7.85. The number of fused-ring (bicyclic) bond motifs is 2. The molecule has 31 heavy (non-hydrogen) atoms. The van der Waals surface area contributed by atoms with Gasteiger partial charge in [0, 0.05) is 41.0 Å². The molecule has 4 aromatic rings. The van der Waals surface area contributed by atoms with E-state index >= 15 is 0 Å². The topological polar surface area (TPSA) is 80.6 Å². The van der Waals surface area contributed by atoms with Crippen molar-refractivity contribution in [2.75, 3.05) is 25.7 Å². The molecule has 7 nitrogen and oxygen atoms in total. The van der Waals surface area contributed by atoms with Gasteiger partial charge in [-0.15, -0.1) is 0 Å². The Morgan fingerprint density at radius 1 is 0.935 bits per heavy atom. The maximum absolute atomic E-state index is 11.1. The fourth-order valence-corrected chi connectivity index (χ4v) is 4.17. The third-order valence-corrected chi connectivity index (χ3v) is 5.61. The number of nitrogens with zero attached hydrogens (tertiary/aromatic N) is 4. The van der Waals surface area contributed by atoms with Crippen LogP contribution in [0.5, 0.6) is 11.5 Å². The Bertz CT molecular complexity index is 1250. The summed E-state index contributed by atoms with van der Waals surface area (Å²) >= 11 is 0. The molecule has 1 aliphatic rings. The number of methoxy groups -OCH3 is 2. The Morgan fingerprint density at radius 2 is 1.68 bits per heavy atom. The van der Waals surface area contributed by atoms with Gasteiger partial charge in [-0.1, -0.05) is 12.1 Å². The van der Waals surface area contributed by atoms with E-state index in [2.05, 4.69) is 9.88 Å². The third-order valence-electron chi connectivity index (χ3n) is 5.61. The van der Waals surface area contributed by atoms with Crippen molar-refractivity contribution < 1.29 is 14.6 Å². The van der Waals surface area contributed by atoms with E-state index in [0.29, 0.717) is 30.4 Å². The van der Waals surface area contributed by atoms with Gasteiger partial charge in [0.25, 0.3) is 0 Å². The molecule has 7 heteroatoms. The first-order valence-corrected chi connectivity index (χ1v) is 10.0. The molecule has 1 unspecified atom stereocenters. The quantitative estimate of drug-likeness (QED) is 0.544. The van der Waals surface area contributed by atoms with Crippen molar-refractivity contribution in [3.63, 3.8) is 0 Å². The lowest BCUT2D eigenvalue weighted by Gasteiger charge is -2.35. The normalized spacial score (nSPS) is 15.6. The number of anilines is 1. The number of benzene rings is 2. The van der Waals surface area contributed by atoms with Crippen LogP contribution in [0.4, 0.5) is 5.82 Å². The fraction of sp³-hybridized carbons (Fsp3) is 0.208. The summed E-state index contributed by atoms with van der Waals surface area (Å²) in [5.74, 6) is 2.77. The third kappa shape index (κ3) is 3.33. The van der Waals surface area contributed by atoms with Crippen LogP contribution < -0.4 is 14.4 Å². The number of β-amino-alcohol motifs (C(OH)–C–C–N with tert-alkyl or cyclic N) is 1. The Kier molecular flexibility index (Phi) is 4.88. The lowest BCUT2D eigenvalue weighted by Crippen LogP contribution is -2.35. The van der Waals surface area contributed by atoms with Crippen molar-refractivity contribution in [1.82, 2.24) is 15.0 Å². The molecule has 0 saturated carbocycles. The van der Waals surface area contributed by atoms with Gasteiger partial charge in [-0.3, -0.25) is 4.98 Å². The van der Waals surface area contributed by atoms with E-state index in [9.17, 15) is 5.11 Å². The van der Waals surface area contributed by atoms with Gasteiger partial charge in [0.2, 0.25) is 0 Å². The molecule has 0 saturated heterocycles. The van der Waals surface area contributed by atoms with Crippen LogP contribution in [-0.2, 0) is 6.54 Å². The van der Waals surface area contributed by atoms with E-state index in [0.717, 1.165) is 33.4 Å². The molecule has 0 bridgehead atoms. The highest BCUT2D eigenvalue weighted by Crippen LogP contribution is 2.41. The van der Waals surface area contributed by atoms with Crippen LogP contribution in [0.1, 0.15) is 17.2 Å². The molecule has 0 aliphatic carbocycles. The SMILES string of the molecule is COc1ccc(OC)c2c1CN(c1nc(-c3ccncc3)nc3ccccc13)CC2O. The average Bonchev–Trinajstić information content (AvgIpc) is 2.83. The summed E-state index contributed by atoms with van der Waals surface area (Å²) in [5.41, 5.74) is 3.40. The number of aliphatic hydroxyl groups is 1. The minimum absolute atomic E-state index is 0.382. The smallest absolute Gasteiger partial charge is 0.162 e. The second-order valence-electron chi connectivity index (χ2n) is 7.38. The number of hydrogen-bond acceptors (Lipinski definition) is 7. The Morgan fingerprint density at radius 3 is 2.45 bits per heavy atom. The van der Waals surface area contributed by atoms with Crippen molar-refractivity contribution in [3.05, 3.63) is 72.1 Å². The second-order valence-corrected chi connectivity index (χ2v) is 7.38. The van der Waals surface area contributed by atoms with Gasteiger partial charge in [-0.25, -0.2) is 9.97 Å². The highest BCUT2D eigenvalue weighted by molar-refractivity contribution is 5.91. The van der Waals surface area contributed by atoms with Crippen LogP contribution >= 0.6 is 0 Å². The molecule has 0 amide bonds. The van der Waals surface area contributed by atoms with Crippen LogP contribution in [0.15, 0.2) is 60.9 Å². The van der Waals surface area contributed by atoms with E-state index in [1.54, 1.807) is 26.6 Å². The average molecular weight is 414 g/mol. The first-order valence-electron chi connectivity index (χ1n) is 10.0. The molecule has 0 spiro atoms. The maximum atomic E-state index is 11.1. The van der Waals surface area contributed by atoms with Gasteiger partial charge in [0.1, 0.15) is 23.4 Å². The van der Waals surface area contributed by atoms with Crippen molar-refractivity contribution in [3.8, 4) is 22.9 Å². The summed E-state index contributed by atoms with van der Waals surface area (Å²) in [5, 5.41) is 12.0. The van der Waals surface area contributed by atoms with Crippen molar-refractivity contribution in [2.24, 2.45) is 0 Å². The summed E-state index contributed by atoms with van der Waals surface area (Å²) in [6.07, 6.45) is 2.71. The maximum Gasteiger partial charge on any atom is 0.162 e. The molecule has 1 N–H and O–H groups in total. The van der Waals surface area contributed by atoms with Gasteiger partial charge in [-0.2, -0.15) is 0 Å². The number of para-hydroxylation sites is 1. The van der Waals surface area contributed by atoms with Crippen LogP contribution in [-0.4, -0.2) is 40.8 Å². The summed E-state index contributed by atoms with van der Waals surface area (Å²) in [4.78, 5) is 15.8. The monoisotopic (exact) mass is 414 g/mol. The van der Waals surface area contributed by atoms with E-state index in [4.69, 9.17) is 19.4 Å². The van der Waals surface area contributed by atoms with Gasteiger partial charge in [0.05, 0.1) is 26.3 Å². The van der Waals surface area contributed by atoms with Gasteiger partial charge >= 0.3 is 0 Å². The van der Waals surface area contributed by atoms with Crippen LogP contribution in [0.3, 0.4) is 0 Å². The van der Waals surface area contributed by atoms with Crippen LogP contribution in [0.2, 0.25) is 0 Å². The Labute approximate surface area is 179 Å². The molecular formula is C24H22N4O3. The fourth-order valence-electron chi connectivity index (χ4n) is 4.17. The Hall–Kier alpha value is -3.71. The molecule has 2 aromatic heterocycles. The van der Waals surface area contributed by atoms with E-state index in [1.807, 2.05) is 48.5 Å². The summed E-state index contributed by atoms with van der Waals surface area (Å²) < 4.78 is 11.1. The summed E-state index contributed by atoms with van der Waals surface area (Å²) in [6, 6.07) is 15.4. The van der Waals surface area contributed by atoms with Gasteiger partial charge < -0.3 is 19.5 Å². The summed E-state index contributed by atoms with van der Waals surface area (Å²) in [7, 11) is 3.25. The molecule has 1 aliphatic heterocycles. The van der Waals surface area contributed by atoms with Gasteiger partial charge in [0.15, 0.2) is 5.82 Å². The molecule has 1 atom stereocenters.